The van der Waals surface area contributed by atoms with Crippen molar-refractivity contribution in [3.63, 3.8) is 0 Å². The molecule has 88 valence electrons. The fraction of sp³-hybridized carbons (Fsp3) is 0.462. The van der Waals surface area contributed by atoms with Crippen molar-refractivity contribution in [3.8, 4) is 5.75 Å². The average Bonchev–Trinajstić information content (AvgIpc) is 2.29. The minimum atomic E-state index is -0.269. The van der Waals surface area contributed by atoms with Crippen LogP contribution in [0, 0.1) is 12.7 Å². The minimum Gasteiger partial charge on any atom is -0.496 e. The van der Waals surface area contributed by atoms with Crippen LogP contribution in [0.15, 0.2) is 6.07 Å². The lowest BCUT2D eigenvalue weighted by molar-refractivity contribution is -0.107. The molecule has 0 N–H and O–H groups in total. The molecule has 3 heteroatoms. The Morgan fingerprint density at radius 3 is 2.69 bits per heavy atom. The lowest BCUT2D eigenvalue weighted by atomic mass is 9.97. The van der Waals surface area contributed by atoms with Crippen LogP contribution in [0.4, 0.5) is 4.39 Å². The molecule has 0 amide bonds. The number of hydrogen-bond donors (Lipinski definition) is 0. The van der Waals surface area contributed by atoms with Gasteiger partial charge in [-0.05, 0) is 37.0 Å². The summed E-state index contributed by atoms with van der Waals surface area (Å²) in [6, 6.07) is 1.51. The van der Waals surface area contributed by atoms with Crippen molar-refractivity contribution in [1.29, 1.82) is 0 Å². The molecule has 1 aromatic carbocycles. The maximum atomic E-state index is 13.6. The van der Waals surface area contributed by atoms with Crippen LogP contribution in [0.1, 0.15) is 30.0 Å². The Morgan fingerprint density at radius 1 is 1.50 bits per heavy atom. The van der Waals surface area contributed by atoms with E-state index in [1.165, 1.54) is 6.07 Å². The zero-order valence-electron chi connectivity index (χ0n) is 9.97. The number of aryl methyl sites for hydroxylation is 1. The van der Waals surface area contributed by atoms with E-state index in [0.717, 1.165) is 23.8 Å². The highest BCUT2D eigenvalue weighted by Crippen LogP contribution is 2.30. The van der Waals surface area contributed by atoms with Crippen LogP contribution in [0.25, 0.3) is 0 Å². The van der Waals surface area contributed by atoms with Gasteiger partial charge in [0, 0.05) is 12.0 Å². The Kier molecular flexibility index (Phi) is 4.47. The number of benzene rings is 1. The number of rotatable bonds is 5. The van der Waals surface area contributed by atoms with Crippen molar-refractivity contribution in [2.45, 2.75) is 33.1 Å². The Labute approximate surface area is 95.4 Å². The summed E-state index contributed by atoms with van der Waals surface area (Å²) in [5.41, 5.74) is 2.41. The number of methoxy groups -OCH3 is 1. The van der Waals surface area contributed by atoms with Gasteiger partial charge < -0.3 is 9.53 Å². The molecule has 0 aromatic heterocycles. The molecule has 0 unspecified atom stereocenters. The van der Waals surface area contributed by atoms with Gasteiger partial charge in [0.05, 0.1) is 7.11 Å². The van der Waals surface area contributed by atoms with Gasteiger partial charge in [-0.25, -0.2) is 4.39 Å². The molecule has 0 aliphatic rings. The van der Waals surface area contributed by atoms with E-state index < -0.39 is 0 Å². The number of halogens is 1. The van der Waals surface area contributed by atoms with E-state index in [0.29, 0.717) is 24.2 Å². The summed E-state index contributed by atoms with van der Waals surface area (Å²) in [6.45, 7) is 3.70. The van der Waals surface area contributed by atoms with Crippen molar-refractivity contribution in [2.24, 2.45) is 0 Å². The molecule has 0 aliphatic carbocycles. The van der Waals surface area contributed by atoms with Gasteiger partial charge in [0.1, 0.15) is 17.9 Å². The maximum Gasteiger partial charge on any atom is 0.130 e. The van der Waals surface area contributed by atoms with E-state index in [-0.39, 0.29) is 5.82 Å². The molecule has 0 saturated carbocycles. The fourth-order valence-corrected chi connectivity index (χ4v) is 1.93. The second-order valence-corrected chi connectivity index (χ2v) is 3.71. The monoisotopic (exact) mass is 224 g/mol. The molecular weight excluding hydrogens is 207 g/mol. The molecule has 0 bridgehead atoms. The van der Waals surface area contributed by atoms with Crippen molar-refractivity contribution < 1.29 is 13.9 Å². The number of carbonyl (C=O) groups excluding carboxylic acids is 1. The highest BCUT2D eigenvalue weighted by atomic mass is 19.1. The number of aldehydes is 1. The lowest BCUT2D eigenvalue weighted by Gasteiger charge is -2.15. The van der Waals surface area contributed by atoms with Crippen molar-refractivity contribution in [3.05, 3.63) is 28.6 Å². The van der Waals surface area contributed by atoms with Crippen LogP contribution in [-0.2, 0) is 17.6 Å². The normalized spacial score (nSPS) is 10.2. The van der Waals surface area contributed by atoms with Gasteiger partial charge in [0.25, 0.3) is 0 Å². The summed E-state index contributed by atoms with van der Waals surface area (Å²) >= 11 is 0. The van der Waals surface area contributed by atoms with E-state index in [1.807, 2.05) is 6.92 Å². The van der Waals surface area contributed by atoms with Crippen LogP contribution >= 0.6 is 0 Å². The summed E-state index contributed by atoms with van der Waals surface area (Å²) < 4.78 is 18.8. The van der Waals surface area contributed by atoms with Crippen molar-refractivity contribution in [2.75, 3.05) is 7.11 Å². The van der Waals surface area contributed by atoms with E-state index in [1.54, 1.807) is 14.0 Å². The fourth-order valence-electron chi connectivity index (χ4n) is 1.93. The Morgan fingerprint density at radius 2 is 2.19 bits per heavy atom. The number of ether oxygens (including phenoxy) is 1. The molecule has 0 saturated heterocycles. The van der Waals surface area contributed by atoms with Gasteiger partial charge in [0.2, 0.25) is 0 Å². The van der Waals surface area contributed by atoms with Crippen molar-refractivity contribution >= 4 is 6.29 Å². The minimum absolute atomic E-state index is 0.269. The quantitative estimate of drug-likeness (QED) is 0.719. The molecule has 2 nitrogen and oxygen atoms in total. The highest BCUT2D eigenvalue weighted by molar-refractivity contribution is 5.52. The Balaban J connectivity index is 3.25. The molecule has 0 spiro atoms. The van der Waals surface area contributed by atoms with Crippen LogP contribution in [0.5, 0.6) is 5.75 Å². The zero-order valence-corrected chi connectivity index (χ0v) is 9.97. The molecule has 1 aromatic rings. The van der Waals surface area contributed by atoms with Gasteiger partial charge in [-0.15, -0.1) is 0 Å². The maximum absolute atomic E-state index is 13.6. The average molecular weight is 224 g/mol. The van der Waals surface area contributed by atoms with Gasteiger partial charge in [-0.1, -0.05) is 6.92 Å². The second kappa shape index (κ2) is 5.64. The molecule has 0 radical (unpaired) electrons. The van der Waals surface area contributed by atoms with Gasteiger partial charge in [-0.2, -0.15) is 0 Å². The molecule has 0 fully saturated rings. The summed E-state index contributed by atoms with van der Waals surface area (Å²) in [6.07, 6.45) is 2.61. The predicted octanol–water partition coefficient (Wildman–Crippen LogP) is 2.84. The van der Waals surface area contributed by atoms with Gasteiger partial charge >= 0.3 is 0 Å². The first-order valence-electron chi connectivity index (χ1n) is 5.44. The number of hydrogen-bond acceptors (Lipinski definition) is 2. The Bertz CT molecular complexity index is 386. The first-order valence-corrected chi connectivity index (χ1v) is 5.44. The van der Waals surface area contributed by atoms with Crippen LogP contribution < -0.4 is 4.74 Å². The van der Waals surface area contributed by atoms with Crippen LogP contribution in [0.3, 0.4) is 0 Å². The molecule has 0 aliphatic heterocycles. The van der Waals surface area contributed by atoms with E-state index >= 15 is 0 Å². The molecule has 1 rings (SSSR count). The van der Waals surface area contributed by atoms with Gasteiger partial charge in [0.15, 0.2) is 0 Å². The lowest BCUT2D eigenvalue weighted by Crippen LogP contribution is -2.02. The first kappa shape index (κ1) is 12.7. The number of carbonyl (C=O) groups is 1. The highest BCUT2D eigenvalue weighted by Gasteiger charge is 2.14. The zero-order chi connectivity index (χ0) is 12.1. The second-order valence-electron chi connectivity index (χ2n) is 3.71. The third kappa shape index (κ3) is 2.40. The Hall–Kier alpha value is -1.38. The van der Waals surface area contributed by atoms with E-state index in [9.17, 15) is 9.18 Å². The van der Waals surface area contributed by atoms with Crippen LogP contribution in [0.2, 0.25) is 0 Å². The SMILES string of the molecule is CCc1c(CCC=O)cc(F)c(C)c1OC. The van der Waals surface area contributed by atoms with Crippen molar-refractivity contribution in [1.82, 2.24) is 0 Å². The molecular formula is C13H17FO2. The van der Waals surface area contributed by atoms with Gasteiger partial charge in [-0.3, -0.25) is 0 Å². The standard InChI is InChI=1S/C13H17FO2/c1-4-11-10(6-5-7-15)8-12(14)9(2)13(11)16-3/h7-8H,4-6H2,1-3H3. The summed E-state index contributed by atoms with van der Waals surface area (Å²) in [7, 11) is 1.55. The summed E-state index contributed by atoms with van der Waals surface area (Å²) in [5, 5.41) is 0. The predicted molar refractivity (Wildman–Crippen MR) is 61.5 cm³/mol. The largest absolute Gasteiger partial charge is 0.496 e. The molecule has 0 atom stereocenters. The first-order chi connectivity index (χ1) is 7.65. The smallest absolute Gasteiger partial charge is 0.130 e. The third-order valence-corrected chi connectivity index (χ3v) is 2.75. The van der Waals surface area contributed by atoms with E-state index in [4.69, 9.17) is 4.74 Å². The third-order valence-electron chi connectivity index (χ3n) is 2.75. The molecule has 16 heavy (non-hydrogen) atoms. The topological polar surface area (TPSA) is 26.3 Å². The summed E-state index contributed by atoms with van der Waals surface area (Å²) in [4.78, 5) is 10.4. The van der Waals surface area contributed by atoms with Crippen LogP contribution in [-0.4, -0.2) is 13.4 Å². The molecule has 0 heterocycles. The summed E-state index contributed by atoms with van der Waals surface area (Å²) in [5.74, 6) is 0.346. The van der Waals surface area contributed by atoms with E-state index in [2.05, 4.69) is 0 Å².